The van der Waals surface area contributed by atoms with E-state index in [1.54, 1.807) is 0 Å². The smallest absolute Gasteiger partial charge is 0.329 e. The zero-order valence-electron chi connectivity index (χ0n) is 10.9. The lowest BCUT2D eigenvalue weighted by Gasteiger charge is -2.01. The Morgan fingerprint density at radius 1 is 1.17 bits per heavy atom. The fourth-order valence-electron chi connectivity index (χ4n) is 0.987. The number of hydrogen-bond acceptors (Lipinski definition) is 5. The number of carboxylic acids is 1. The second-order valence-corrected chi connectivity index (χ2v) is 3.54. The van der Waals surface area contributed by atoms with Crippen LogP contribution in [0.1, 0.15) is 46.0 Å². The molecule has 0 aliphatic carbocycles. The van der Waals surface area contributed by atoms with Gasteiger partial charge in [-0.2, -0.15) is 4.99 Å². The first-order chi connectivity index (χ1) is 8.63. The second-order valence-electron chi connectivity index (χ2n) is 3.54. The van der Waals surface area contributed by atoms with Crippen molar-refractivity contribution in [1.82, 2.24) is 0 Å². The molecular formula is C12H20N2O4. The fraction of sp³-hybridized carbons (Fsp3) is 0.750. The van der Waals surface area contributed by atoms with Gasteiger partial charge in [0, 0.05) is 0 Å². The van der Waals surface area contributed by atoms with Crippen molar-refractivity contribution in [2.24, 2.45) is 9.98 Å². The summed E-state index contributed by atoms with van der Waals surface area (Å²) in [5, 5.41) is 8.46. The number of unbranched alkanes of at least 4 members (excludes halogenated alkanes) is 2. The molecule has 0 aliphatic heterocycles. The monoisotopic (exact) mass is 256 g/mol. The molecular weight excluding hydrogens is 236 g/mol. The van der Waals surface area contributed by atoms with Crippen molar-refractivity contribution in [2.45, 2.75) is 52.0 Å². The Hall–Kier alpha value is -1.77. The van der Waals surface area contributed by atoms with Gasteiger partial charge in [0.2, 0.25) is 12.2 Å². The van der Waals surface area contributed by atoms with Crippen LogP contribution >= 0.6 is 0 Å². The first-order valence-corrected chi connectivity index (χ1v) is 5.97. The van der Waals surface area contributed by atoms with Crippen molar-refractivity contribution in [3.05, 3.63) is 0 Å². The summed E-state index contributed by atoms with van der Waals surface area (Å²) in [5.41, 5.74) is 0. The molecule has 0 aromatic heterocycles. The molecule has 1 unspecified atom stereocenters. The van der Waals surface area contributed by atoms with Gasteiger partial charge in [-0.05, 0) is 12.8 Å². The highest BCUT2D eigenvalue weighted by Gasteiger charge is 2.14. The molecule has 0 radical (unpaired) electrons. The third kappa shape index (κ3) is 14.2. The molecule has 0 amide bonds. The van der Waals surface area contributed by atoms with E-state index < -0.39 is 12.0 Å². The van der Waals surface area contributed by atoms with Crippen LogP contribution in [0.5, 0.6) is 0 Å². The average Bonchev–Trinajstić information content (AvgIpc) is 2.35. The van der Waals surface area contributed by atoms with Crippen LogP contribution in [0.25, 0.3) is 0 Å². The van der Waals surface area contributed by atoms with E-state index in [-0.39, 0.29) is 0 Å². The number of carboxylic acid groups (broad SMARTS) is 1. The predicted molar refractivity (Wildman–Crippen MR) is 67.0 cm³/mol. The van der Waals surface area contributed by atoms with Gasteiger partial charge in [-0.15, -0.1) is 0 Å². The van der Waals surface area contributed by atoms with Crippen molar-refractivity contribution in [3.8, 4) is 0 Å². The zero-order valence-corrected chi connectivity index (χ0v) is 10.9. The number of isocyanates is 2. The van der Waals surface area contributed by atoms with E-state index in [0.29, 0.717) is 13.0 Å². The Bertz CT molecular complexity index is 303. The van der Waals surface area contributed by atoms with Gasteiger partial charge in [0.05, 0.1) is 6.54 Å². The summed E-state index contributed by atoms with van der Waals surface area (Å²) in [4.78, 5) is 36.0. The standard InChI is InChI=1S/C7H11NO3.C5H9NO/c1-2-3-4-6(7(10)11)8-5-9;1-2-3-4-6-5-7/h6H,2-4H2,1H3,(H,10,11);2-4H2,1H3. The molecule has 0 aromatic rings. The number of aliphatic carboxylic acids is 1. The van der Waals surface area contributed by atoms with Gasteiger partial charge in [-0.25, -0.2) is 19.4 Å². The highest BCUT2D eigenvalue weighted by molar-refractivity contribution is 5.74. The Morgan fingerprint density at radius 3 is 2.17 bits per heavy atom. The molecule has 0 bridgehead atoms. The highest BCUT2D eigenvalue weighted by atomic mass is 16.4. The summed E-state index contributed by atoms with van der Waals surface area (Å²) in [6.07, 6.45) is 6.90. The Balaban J connectivity index is 0. The molecule has 0 fully saturated rings. The summed E-state index contributed by atoms with van der Waals surface area (Å²) < 4.78 is 0. The first kappa shape index (κ1) is 18.6. The highest BCUT2D eigenvalue weighted by Crippen LogP contribution is 2.03. The van der Waals surface area contributed by atoms with Crippen LogP contribution in [0.15, 0.2) is 9.98 Å². The minimum absolute atomic E-state index is 0.418. The lowest BCUT2D eigenvalue weighted by Crippen LogP contribution is -2.17. The van der Waals surface area contributed by atoms with E-state index in [1.807, 2.05) is 6.92 Å². The van der Waals surface area contributed by atoms with Crippen molar-refractivity contribution < 1.29 is 19.5 Å². The first-order valence-electron chi connectivity index (χ1n) is 5.97. The molecule has 0 spiro atoms. The lowest BCUT2D eigenvalue weighted by molar-refractivity contribution is -0.138. The molecule has 0 saturated carbocycles. The summed E-state index contributed by atoms with van der Waals surface area (Å²) in [7, 11) is 0. The third-order valence-electron chi connectivity index (χ3n) is 2.01. The Kier molecular flexibility index (Phi) is 15.7. The largest absolute Gasteiger partial charge is 0.480 e. The topological polar surface area (TPSA) is 96.2 Å². The van der Waals surface area contributed by atoms with E-state index in [1.165, 1.54) is 12.2 Å². The molecule has 0 rings (SSSR count). The van der Waals surface area contributed by atoms with Crippen molar-refractivity contribution in [3.63, 3.8) is 0 Å². The van der Waals surface area contributed by atoms with Crippen LogP contribution in [-0.2, 0) is 14.4 Å². The molecule has 6 heteroatoms. The predicted octanol–water partition coefficient (Wildman–Crippen LogP) is 2.09. The van der Waals surface area contributed by atoms with Gasteiger partial charge < -0.3 is 5.11 Å². The average molecular weight is 256 g/mol. The van der Waals surface area contributed by atoms with Crippen LogP contribution in [-0.4, -0.2) is 35.8 Å². The van der Waals surface area contributed by atoms with Crippen LogP contribution < -0.4 is 0 Å². The molecule has 0 aromatic carbocycles. The lowest BCUT2D eigenvalue weighted by atomic mass is 10.1. The van der Waals surface area contributed by atoms with E-state index in [9.17, 15) is 14.4 Å². The molecule has 102 valence electrons. The third-order valence-corrected chi connectivity index (χ3v) is 2.01. The summed E-state index contributed by atoms with van der Waals surface area (Å²) in [5.74, 6) is -1.05. The number of rotatable bonds is 8. The van der Waals surface area contributed by atoms with Crippen LogP contribution in [0.3, 0.4) is 0 Å². The van der Waals surface area contributed by atoms with Crippen LogP contribution in [0, 0.1) is 0 Å². The number of hydrogen-bond donors (Lipinski definition) is 1. The molecule has 18 heavy (non-hydrogen) atoms. The van der Waals surface area contributed by atoms with Gasteiger partial charge in [0.1, 0.15) is 0 Å². The number of aliphatic imine (C=N–C) groups is 2. The van der Waals surface area contributed by atoms with Crippen molar-refractivity contribution >= 4 is 18.1 Å². The number of carbonyl (C=O) groups excluding carboxylic acids is 2. The van der Waals surface area contributed by atoms with Crippen molar-refractivity contribution in [2.75, 3.05) is 6.54 Å². The molecule has 6 nitrogen and oxygen atoms in total. The van der Waals surface area contributed by atoms with Gasteiger partial charge >= 0.3 is 5.97 Å². The summed E-state index contributed by atoms with van der Waals surface area (Å²) in [6, 6.07) is -0.896. The molecule has 1 N–H and O–H groups in total. The van der Waals surface area contributed by atoms with Crippen LogP contribution in [0.2, 0.25) is 0 Å². The minimum atomic E-state index is -1.05. The molecule has 1 atom stereocenters. The molecule has 0 aliphatic rings. The quantitative estimate of drug-likeness (QED) is 0.408. The minimum Gasteiger partial charge on any atom is -0.480 e. The van der Waals surface area contributed by atoms with Gasteiger partial charge in [0.15, 0.2) is 6.04 Å². The van der Waals surface area contributed by atoms with Crippen molar-refractivity contribution in [1.29, 1.82) is 0 Å². The maximum atomic E-state index is 10.3. The van der Waals surface area contributed by atoms with Gasteiger partial charge in [0.25, 0.3) is 0 Å². The zero-order chi connectivity index (χ0) is 14.2. The summed E-state index contributed by atoms with van der Waals surface area (Å²) in [6.45, 7) is 4.64. The summed E-state index contributed by atoms with van der Waals surface area (Å²) >= 11 is 0. The SMILES string of the molecule is CCCCC(N=C=O)C(=O)O.CCCCN=C=O. The molecule has 0 heterocycles. The van der Waals surface area contributed by atoms with E-state index >= 15 is 0 Å². The van der Waals surface area contributed by atoms with E-state index in [0.717, 1.165) is 25.7 Å². The Morgan fingerprint density at radius 2 is 1.78 bits per heavy atom. The van der Waals surface area contributed by atoms with Gasteiger partial charge in [-0.3, -0.25) is 0 Å². The van der Waals surface area contributed by atoms with E-state index in [2.05, 4.69) is 16.9 Å². The maximum Gasteiger partial charge on any atom is 0.329 e. The van der Waals surface area contributed by atoms with Gasteiger partial charge in [-0.1, -0.05) is 33.1 Å². The van der Waals surface area contributed by atoms with Crippen LogP contribution in [0.4, 0.5) is 0 Å². The normalized spacial score (nSPS) is 10.1. The maximum absolute atomic E-state index is 10.3. The number of nitrogens with zero attached hydrogens (tertiary/aromatic N) is 2. The fourth-order valence-corrected chi connectivity index (χ4v) is 0.987. The Labute approximate surface area is 107 Å². The second kappa shape index (κ2) is 15.2. The molecule has 0 saturated heterocycles. The number of carbonyl (C=O) groups is 1. The van der Waals surface area contributed by atoms with E-state index in [4.69, 9.17) is 5.11 Å².